The summed E-state index contributed by atoms with van der Waals surface area (Å²) in [7, 11) is 0. The second-order valence-electron chi connectivity index (χ2n) is 4.99. The first-order valence-electron chi connectivity index (χ1n) is 7.28. The molecule has 3 heteroatoms. The van der Waals surface area contributed by atoms with Gasteiger partial charge in [0.15, 0.2) is 0 Å². The van der Waals surface area contributed by atoms with Gasteiger partial charge in [0.2, 0.25) is 0 Å². The number of aromatic nitrogens is 1. The van der Waals surface area contributed by atoms with E-state index in [2.05, 4.69) is 47.6 Å². The summed E-state index contributed by atoms with van der Waals surface area (Å²) >= 11 is 0. The zero-order chi connectivity index (χ0) is 14.2. The largest absolute Gasteiger partial charge is 0.398 e. The standard InChI is InChI=1S/C17H23N3/c1-2-20-17(14-7-4-3-5-8-14)10-6-9-15-13-19-12-11-16(15)18/h3-5,7-8,11-13,17,20H,2,6,9-10H2,1H3,(H2,18,19). The van der Waals surface area contributed by atoms with Gasteiger partial charge >= 0.3 is 0 Å². The monoisotopic (exact) mass is 269 g/mol. The summed E-state index contributed by atoms with van der Waals surface area (Å²) in [6.45, 7) is 3.13. The number of rotatable bonds is 7. The normalized spacial score (nSPS) is 12.2. The van der Waals surface area contributed by atoms with Gasteiger partial charge in [0.25, 0.3) is 0 Å². The Morgan fingerprint density at radius 2 is 2.00 bits per heavy atom. The van der Waals surface area contributed by atoms with E-state index in [-0.39, 0.29) is 0 Å². The first-order chi connectivity index (χ1) is 9.81. The minimum Gasteiger partial charge on any atom is -0.398 e. The van der Waals surface area contributed by atoms with Gasteiger partial charge in [0.05, 0.1) is 0 Å². The van der Waals surface area contributed by atoms with E-state index >= 15 is 0 Å². The van der Waals surface area contributed by atoms with Crippen molar-refractivity contribution in [3.05, 3.63) is 59.9 Å². The van der Waals surface area contributed by atoms with Crippen LogP contribution in [0.2, 0.25) is 0 Å². The van der Waals surface area contributed by atoms with Gasteiger partial charge in [-0.25, -0.2) is 0 Å². The maximum Gasteiger partial charge on any atom is 0.0377 e. The lowest BCUT2D eigenvalue weighted by Crippen LogP contribution is -2.21. The molecular formula is C17H23N3. The smallest absolute Gasteiger partial charge is 0.0377 e. The zero-order valence-electron chi connectivity index (χ0n) is 12.0. The number of hydrogen-bond acceptors (Lipinski definition) is 3. The van der Waals surface area contributed by atoms with Crippen LogP contribution in [0.25, 0.3) is 0 Å². The van der Waals surface area contributed by atoms with Gasteiger partial charge in [-0.2, -0.15) is 0 Å². The van der Waals surface area contributed by atoms with Crippen LogP contribution in [0, 0.1) is 0 Å². The average Bonchev–Trinajstić information content (AvgIpc) is 2.49. The zero-order valence-corrected chi connectivity index (χ0v) is 12.0. The van der Waals surface area contributed by atoms with Crippen LogP contribution in [0.4, 0.5) is 5.69 Å². The molecule has 0 saturated carbocycles. The third-order valence-electron chi connectivity index (χ3n) is 3.53. The molecule has 0 radical (unpaired) electrons. The number of aryl methyl sites for hydroxylation is 1. The molecule has 0 aliphatic rings. The van der Waals surface area contributed by atoms with Crippen molar-refractivity contribution < 1.29 is 0 Å². The molecule has 20 heavy (non-hydrogen) atoms. The van der Waals surface area contributed by atoms with Crippen LogP contribution in [0.3, 0.4) is 0 Å². The molecule has 1 unspecified atom stereocenters. The predicted molar refractivity (Wildman–Crippen MR) is 84.4 cm³/mol. The van der Waals surface area contributed by atoms with E-state index in [1.54, 1.807) is 6.20 Å². The van der Waals surface area contributed by atoms with Crippen molar-refractivity contribution in [2.45, 2.75) is 32.2 Å². The van der Waals surface area contributed by atoms with Gasteiger partial charge in [0.1, 0.15) is 0 Å². The summed E-state index contributed by atoms with van der Waals surface area (Å²) in [5, 5.41) is 3.55. The Morgan fingerprint density at radius 1 is 1.20 bits per heavy atom. The lowest BCUT2D eigenvalue weighted by molar-refractivity contribution is 0.498. The fourth-order valence-electron chi connectivity index (χ4n) is 2.46. The first kappa shape index (κ1) is 14.5. The molecule has 0 bridgehead atoms. The van der Waals surface area contributed by atoms with Crippen molar-refractivity contribution in [3.63, 3.8) is 0 Å². The second-order valence-corrected chi connectivity index (χ2v) is 4.99. The summed E-state index contributed by atoms with van der Waals surface area (Å²) < 4.78 is 0. The third-order valence-corrected chi connectivity index (χ3v) is 3.53. The highest BCUT2D eigenvalue weighted by Crippen LogP contribution is 2.20. The Labute approximate surface area is 121 Å². The molecule has 106 valence electrons. The number of nitrogens with two attached hydrogens (primary N) is 1. The quantitative estimate of drug-likeness (QED) is 0.810. The topological polar surface area (TPSA) is 50.9 Å². The third kappa shape index (κ3) is 4.07. The number of pyridine rings is 1. The van der Waals surface area contributed by atoms with Crippen LogP contribution in [0.5, 0.6) is 0 Å². The van der Waals surface area contributed by atoms with E-state index < -0.39 is 0 Å². The highest BCUT2D eigenvalue weighted by atomic mass is 14.9. The number of anilines is 1. The van der Waals surface area contributed by atoms with Crippen LogP contribution < -0.4 is 11.1 Å². The maximum atomic E-state index is 5.95. The van der Waals surface area contributed by atoms with Gasteiger partial charge < -0.3 is 11.1 Å². The van der Waals surface area contributed by atoms with Crippen molar-refractivity contribution in [2.75, 3.05) is 12.3 Å². The highest BCUT2D eigenvalue weighted by molar-refractivity contribution is 5.44. The molecule has 0 amide bonds. The summed E-state index contributed by atoms with van der Waals surface area (Å²) in [5.74, 6) is 0. The summed E-state index contributed by atoms with van der Waals surface area (Å²) in [6, 6.07) is 12.9. The lowest BCUT2D eigenvalue weighted by Gasteiger charge is -2.18. The molecule has 3 N–H and O–H groups in total. The van der Waals surface area contributed by atoms with Crippen LogP contribution >= 0.6 is 0 Å². The van der Waals surface area contributed by atoms with Gasteiger partial charge in [-0.1, -0.05) is 37.3 Å². The molecule has 2 rings (SSSR count). The molecule has 0 fully saturated rings. The van der Waals surface area contributed by atoms with Crippen molar-refractivity contribution in [1.29, 1.82) is 0 Å². The summed E-state index contributed by atoms with van der Waals surface area (Å²) in [6.07, 6.45) is 6.80. The van der Waals surface area contributed by atoms with E-state index in [9.17, 15) is 0 Å². The van der Waals surface area contributed by atoms with E-state index in [1.165, 1.54) is 5.56 Å². The van der Waals surface area contributed by atoms with Crippen LogP contribution in [-0.4, -0.2) is 11.5 Å². The summed E-state index contributed by atoms with van der Waals surface area (Å²) in [4.78, 5) is 4.14. The van der Waals surface area contributed by atoms with Gasteiger partial charge in [-0.3, -0.25) is 4.98 Å². The highest BCUT2D eigenvalue weighted by Gasteiger charge is 2.09. The predicted octanol–water partition coefficient (Wildman–Crippen LogP) is 3.34. The Hall–Kier alpha value is -1.87. The number of nitrogen functional groups attached to an aromatic ring is 1. The van der Waals surface area contributed by atoms with E-state index in [1.807, 2.05) is 12.3 Å². The molecular weight excluding hydrogens is 246 g/mol. The van der Waals surface area contributed by atoms with Gasteiger partial charge in [-0.15, -0.1) is 0 Å². The molecule has 1 aromatic carbocycles. The molecule has 2 aromatic rings. The van der Waals surface area contributed by atoms with E-state index in [4.69, 9.17) is 5.73 Å². The Balaban J connectivity index is 1.92. The lowest BCUT2D eigenvalue weighted by atomic mass is 9.99. The van der Waals surface area contributed by atoms with Crippen molar-refractivity contribution in [3.8, 4) is 0 Å². The number of hydrogen-bond donors (Lipinski definition) is 2. The van der Waals surface area contributed by atoms with E-state index in [0.29, 0.717) is 6.04 Å². The molecule has 0 spiro atoms. The molecule has 1 aromatic heterocycles. The van der Waals surface area contributed by atoms with Gasteiger partial charge in [-0.05, 0) is 43.0 Å². The van der Waals surface area contributed by atoms with Crippen molar-refractivity contribution >= 4 is 5.69 Å². The molecule has 3 nitrogen and oxygen atoms in total. The minimum absolute atomic E-state index is 0.416. The van der Waals surface area contributed by atoms with Crippen LogP contribution in [-0.2, 0) is 6.42 Å². The molecule has 0 aliphatic heterocycles. The minimum atomic E-state index is 0.416. The fourth-order valence-corrected chi connectivity index (χ4v) is 2.46. The Kier molecular flexibility index (Phi) is 5.56. The maximum absolute atomic E-state index is 5.95. The van der Waals surface area contributed by atoms with Gasteiger partial charge in [0, 0.05) is 24.1 Å². The molecule has 0 saturated heterocycles. The van der Waals surface area contributed by atoms with Crippen LogP contribution in [0.15, 0.2) is 48.8 Å². The number of benzene rings is 1. The molecule has 1 atom stereocenters. The molecule has 1 heterocycles. The molecule has 0 aliphatic carbocycles. The van der Waals surface area contributed by atoms with Crippen molar-refractivity contribution in [2.24, 2.45) is 0 Å². The number of nitrogens with one attached hydrogen (secondary N) is 1. The fraction of sp³-hybridized carbons (Fsp3) is 0.353. The first-order valence-corrected chi connectivity index (χ1v) is 7.28. The van der Waals surface area contributed by atoms with E-state index in [0.717, 1.165) is 37.1 Å². The Morgan fingerprint density at radius 3 is 2.70 bits per heavy atom. The SMILES string of the molecule is CCNC(CCCc1cnccc1N)c1ccccc1. The second kappa shape index (κ2) is 7.65. The average molecular weight is 269 g/mol. The Bertz CT molecular complexity index is 511. The van der Waals surface area contributed by atoms with Crippen LogP contribution in [0.1, 0.15) is 36.9 Å². The summed E-state index contributed by atoms with van der Waals surface area (Å²) in [5.41, 5.74) is 9.30. The number of nitrogens with zero attached hydrogens (tertiary/aromatic N) is 1. The van der Waals surface area contributed by atoms with Crippen molar-refractivity contribution in [1.82, 2.24) is 10.3 Å².